The lowest BCUT2D eigenvalue weighted by atomic mass is 10.1. The number of rotatable bonds is 4. The van der Waals surface area contributed by atoms with Crippen LogP contribution in [0.3, 0.4) is 0 Å². The Morgan fingerprint density at radius 1 is 1.43 bits per heavy atom. The summed E-state index contributed by atoms with van der Waals surface area (Å²) in [6.07, 6.45) is 0. The number of hydrogen-bond donors (Lipinski definition) is 1. The number of benzene rings is 1. The third-order valence-corrected chi connectivity index (χ3v) is 5.10. The van der Waals surface area contributed by atoms with Gasteiger partial charge < -0.3 is 5.11 Å². The van der Waals surface area contributed by atoms with E-state index in [9.17, 15) is 13.2 Å². The second-order valence-electron chi connectivity index (χ2n) is 5.33. The van der Waals surface area contributed by atoms with Gasteiger partial charge in [0.2, 0.25) is 10.0 Å². The molecule has 0 radical (unpaired) electrons. The van der Waals surface area contributed by atoms with E-state index in [2.05, 4.69) is 0 Å². The van der Waals surface area contributed by atoms with E-state index in [0.717, 1.165) is 10.4 Å². The van der Waals surface area contributed by atoms with Crippen molar-refractivity contribution in [3.05, 3.63) is 28.8 Å². The summed E-state index contributed by atoms with van der Waals surface area (Å²) in [5, 5.41) is 17.7. The molecule has 0 saturated heterocycles. The summed E-state index contributed by atoms with van der Waals surface area (Å²) in [6.45, 7) is 4.12. The first kappa shape index (κ1) is 17.4. The zero-order chi connectivity index (χ0) is 16.4. The maximum absolute atomic E-state index is 12.6. The number of carboxylic acids is 1. The van der Waals surface area contributed by atoms with Crippen molar-refractivity contribution in [3.63, 3.8) is 0 Å². The molecule has 0 spiro atoms. The monoisotopic (exact) mass is 330 g/mol. The lowest BCUT2D eigenvalue weighted by Crippen LogP contribution is -2.48. The van der Waals surface area contributed by atoms with Gasteiger partial charge in [0.15, 0.2) is 0 Å². The minimum atomic E-state index is -4.04. The molecule has 0 bridgehead atoms. The molecule has 0 aromatic heterocycles. The molecule has 6 nitrogen and oxygen atoms in total. The van der Waals surface area contributed by atoms with Crippen LogP contribution in [0.2, 0.25) is 5.02 Å². The molecule has 114 valence electrons. The van der Waals surface area contributed by atoms with Gasteiger partial charge in [-0.3, -0.25) is 4.79 Å². The smallest absolute Gasteiger partial charge is 0.318 e. The van der Waals surface area contributed by atoms with Gasteiger partial charge in [0.25, 0.3) is 0 Å². The molecular formula is C13H15ClN2O4S. The average Bonchev–Trinajstić information content (AvgIpc) is 2.34. The summed E-state index contributed by atoms with van der Waals surface area (Å²) in [5.41, 5.74) is -0.770. The normalized spacial score (nSPS) is 12.2. The highest BCUT2D eigenvalue weighted by atomic mass is 35.5. The first-order valence-corrected chi connectivity index (χ1v) is 7.76. The topological polar surface area (TPSA) is 98.5 Å². The van der Waals surface area contributed by atoms with Gasteiger partial charge in [-0.2, -0.15) is 9.57 Å². The van der Waals surface area contributed by atoms with Crippen LogP contribution in [0, 0.1) is 11.3 Å². The fourth-order valence-electron chi connectivity index (χ4n) is 1.68. The van der Waals surface area contributed by atoms with E-state index in [1.54, 1.807) is 20.8 Å². The van der Waals surface area contributed by atoms with Crippen LogP contribution in [-0.4, -0.2) is 35.9 Å². The molecule has 0 saturated carbocycles. The van der Waals surface area contributed by atoms with Gasteiger partial charge in [-0.1, -0.05) is 11.6 Å². The fraction of sp³-hybridized carbons (Fsp3) is 0.385. The van der Waals surface area contributed by atoms with Crippen LogP contribution < -0.4 is 0 Å². The largest absolute Gasteiger partial charge is 0.480 e. The van der Waals surface area contributed by atoms with Gasteiger partial charge in [-0.15, -0.1) is 0 Å². The summed E-state index contributed by atoms with van der Waals surface area (Å²) in [6, 6.07) is 5.50. The van der Waals surface area contributed by atoms with Crippen molar-refractivity contribution >= 4 is 27.6 Å². The number of halogens is 1. The van der Waals surface area contributed by atoms with Gasteiger partial charge in [0.05, 0.1) is 15.5 Å². The van der Waals surface area contributed by atoms with E-state index in [-0.39, 0.29) is 15.5 Å². The van der Waals surface area contributed by atoms with Gasteiger partial charge in [0.1, 0.15) is 12.6 Å². The minimum absolute atomic E-state index is 0.00255. The molecule has 0 aliphatic rings. The van der Waals surface area contributed by atoms with Crippen LogP contribution in [-0.2, 0) is 14.8 Å². The Morgan fingerprint density at radius 2 is 2.00 bits per heavy atom. The predicted octanol–water partition coefficient (Wildman–Crippen LogP) is 2.09. The standard InChI is InChI=1S/C13H15ClN2O4S/c1-13(2,3)16(8-12(17)18)21(19,20)10-5-4-9(7-15)11(14)6-10/h4-6H,8H2,1-3H3,(H,17,18). The van der Waals surface area contributed by atoms with Gasteiger partial charge in [-0.05, 0) is 39.0 Å². The maximum Gasteiger partial charge on any atom is 0.318 e. The minimum Gasteiger partial charge on any atom is -0.480 e. The predicted molar refractivity (Wildman–Crippen MR) is 77.4 cm³/mol. The van der Waals surface area contributed by atoms with E-state index in [1.807, 2.05) is 6.07 Å². The first-order valence-electron chi connectivity index (χ1n) is 5.94. The lowest BCUT2D eigenvalue weighted by molar-refractivity contribution is -0.138. The maximum atomic E-state index is 12.6. The fourth-order valence-corrected chi connectivity index (χ4v) is 3.73. The van der Waals surface area contributed by atoms with E-state index in [1.165, 1.54) is 12.1 Å². The average molecular weight is 331 g/mol. The number of aliphatic carboxylic acids is 1. The van der Waals surface area contributed by atoms with Crippen molar-refractivity contribution in [2.45, 2.75) is 31.2 Å². The zero-order valence-corrected chi connectivity index (χ0v) is 13.4. The lowest BCUT2D eigenvalue weighted by Gasteiger charge is -2.33. The van der Waals surface area contributed by atoms with Gasteiger partial charge in [0, 0.05) is 5.54 Å². The molecule has 0 aliphatic carbocycles. The Balaban J connectivity index is 3.40. The van der Waals surface area contributed by atoms with E-state index >= 15 is 0 Å². The molecule has 1 N–H and O–H groups in total. The van der Waals surface area contributed by atoms with E-state index in [4.69, 9.17) is 22.0 Å². The zero-order valence-electron chi connectivity index (χ0n) is 11.8. The molecular weight excluding hydrogens is 316 g/mol. The highest BCUT2D eigenvalue weighted by Gasteiger charge is 2.35. The number of sulfonamides is 1. The molecule has 1 aromatic carbocycles. The van der Waals surface area contributed by atoms with Crippen molar-refractivity contribution in [2.24, 2.45) is 0 Å². The summed E-state index contributed by atoms with van der Waals surface area (Å²) in [7, 11) is -4.04. The van der Waals surface area contributed by atoms with Crippen LogP contribution in [0.5, 0.6) is 0 Å². The Labute approximate surface area is 128 Å². The highest BCUT2D eigenvalue weighted by molar-refractivity contribution is 7.89. The third kappa shape index (κ3) is 3.94. The Kier molecular flexibility index (Phi) is 4.99. The number of nitriles is 1. The number of hydrogen-bond acceptors (Lipinski definition) is 4. The molecule has 8 heteroatoms. The van der Waals surface area contributed by atoms with Crippen LogP contribution in [0.1, 0.15) is 26.3 Å². The van der Waals surface area contributed by atoms with Crippen molar-refractivity contribution in [1.82, 2.24) is 4.31 Å². The number of nitrogens with zero attached hydrogens (tertiary/aromatic N) is 2. The summed E-state index contributed by atoms with van der Waals surface area (Å²) in [5.74, 6) is -1.26. The highest BCUT2D eigenvalue weighted by Crippen LogP contribution is 2.27. The number of carboxylic acid groups (broad SMARTS) is 1. The van der Waals surface area contributed by atoms with Crippen molar-refractivity contribution in [1.29, 1.82) is 5.26 Å². The van der Waals surface area contributed by atoms with Gasteiger partial charge >= 0.3 is 5.97 Å². The van der Waals surface area contributed by atoms with Crippen molar-refractivity contribution < 1.29 is 18.3 Å². The number of carbonyl (C=O) groups is 1. The molecule has 0 atom stereocenters. The van der Waals surface area contributed by atoms with E-state index < -0.39 is 28.1 Å². The summed E-state index contributed by atoms with van der Waals surface area (Å²) in [4.78, 5) is 10.8. The SMILES string of the molecule is CC(C)(C)N(CC(=O)O)S(=O)(=O)c1ccc(C#N)c(Cl)c1. The van der Waals surface area contributed by atoms with Gasteiger partial charge in [-0.25, -0.2) is 8.42 Å². The third-order valence-electron chi connectivity index (χ3n) is 2.68. The molecule has 0 fully saturated rings. The van der Waals surface area contributed by atoms with Crippen LogP contribution in [0.15, 0.2) is 23.1 Å². The summed E-state index contributed by atoms with van der Waals surface area (Å²) >= 11 is 5.84. The van der Waals surface area contributed by atoms with Crippen LogP contribution in [0.25, 0.3) is 0 Å². The molecule has 0 heterocycles. The Hall–Kier alpha value is -1.62. The molecule has 0 aliphatic heterocycles. The van der Waals surface area contributed by atoms with Crippen molar-refractivity contribution in [2.75, 3.05) is 6.54 Å². The quantitative estimate of drug-likeness (QED) is 0.911. The molecule has 21 heavy (non-hydrogen) atoms. The van der Waals surface area contributed by atoms with Crippen molar-refractivity contribution in [3.8, 4) is 6.07 Å². The Bertz CT molecular complexity index is 702. The van der Waals surface area contributed by atoms with E-state index in [0.29, 0.717) is 0 Å². The Morgan fingerprint density at radius 3 is 2.38 bits per heavy atom. The first-order chi connectivity index (χ1) is 9.50. The van der Waals surface area contributed by atoms with Crippen LogP contribution >= 0.6 is 11.6 Å². The second kappa shape index (κ2) is 6.02. The molecule has 0 amide bonds. The molecule has 1 rings (SSSR count). The van der Waals surface area contributed by atoms with Crippen LogP contribution in [0.4, 0.5) is 0 Å². The second-order valence-corrected chi connectivity index (χ2v) is 7.60. The molecule has 0 unspecified atom stereocenters. The summed E-state index contributed by atoms with van der Waals surface area (Å²) < 4.78 is 26.0. The molecule has 1 aromatic rings.